The standard InChI is InChI=1S/C19H17N3O2/c1-2-24-16-10-7-14(8-11-16)13-20-22-19(23)18-12-9-15-5-3-4-6-17(15)21-18/h3-13H,2H2,1H3,(H,22,23)/b20-13+. The van der Waals surface area contributed by atoms with Gasteiger partial charge in [-0.1, -0.05) is 24.3 Å². The first-order valence-electron chi connectivity index (χ1n) is 7.68. The lowest BCUT2D eigenvalue weighted by atomic mass is 10.2. The van der Waals surface area contributed by atoms with Crippen LogP contribution in [0.3, 0.4) is 0 Å². The summed E-state index contributed by atoms with van der Waals surface area (Å²) in [7, 11) is 0. The largest absolute Gasteiger partial charge is 0.494 e. The van der Waals surface area contributed by atoms with Crippen LogP contribution in [-0.2, 0) is 0 Å². The van der Waals surface area contributed by atoms with Crippen LogP contribution in [0.25, 0.3) is 10.9 Å². The van der Waals surface area contributed by atoms with Crippen molar-refractivity contribution in [1.82, 2.24) is 10.4 Å². The molecule has 0 saturated carbocycles. The highest BCUT2D eigenvalue weighted by Gasteiger charge is 2.06. The highest BCUT2D eigenvalue weighted by molar-refractivity contribution is 5.95. The monoisotopic (exact) mass is 319 g/mol. The van der Waals surface area contributed by atoms with Crippen LogP contribution in [0.1, 0.15) is 23.0 Å². The Hall–Kier alpha value is -3.21. The van der Waals surface area contributed by atoms with E-state index in [4.69, 9.17) is 4.74 Å². The number of hydrogen-bond donors (Lipinski definition) is 1. The number of hydrogen-bond acceptors (Lipinski definition) is 4. The third-order valence-electron chi connectivity index (χ3n) is 3.40. The number of ether oxygens (including phenoxy) is 1. The Balaban J connectivity index is 1.65. The molecule has 0 aliphatic rings. The molecule has 0 spiro atoms. The Morgan fingerprint density at radius 1 is 1.12 bits per heavy atom. The first-order chi connectivity index (χ1) is 11.8. The van der Waals surface area contributed by atoms with E-state index < -0.39 is 0 Å². The van der Waals surface area contributed by atoms with Crippen molar-refractivity contribution >= 4 is 23.0 Å². The van der Waals surface area contributed by atoms with E-state index in [-0.39, 0.29) is 5.91 Å². The minimum Gasteiger partial charge on any atom is -0.494 e. The van der Waals surface area contributed by atoms with Gasteiger partial charge in [-0.05, 0) is 48.9 Å². The van der Waals surface area contributed by atoms with Gasteiger partial charge in [-0.3, -0.25) is 4.79 Å². The van der Waals surface area contributed by atoms with Crippen LogP contribution in [0.15, 0.2) is 65.8 Å². The van der Waals surface area contributed by atoms with Crippen molar-refractivity contribution in [1.29, 1.82) is 0 Å². The number of nitrogens with zero attached hydrogens (tertiary/aromatic N) is 2. The van der Waals surface area contributed by atoms with Crippen molar-refractivity contribution in [3.63, 3.8) is 0 Å². The lowest BCUT2D eigenvalue weighted by Crippen LogP contribution is -2.18. The van der Waals surface area contributed by atoms with Crippen LogP contribution in [0.4, 0.5) is 0 Å². The van der Waals surface area contributed by atoms with Crippen LogP contribution in [-0.4, -0.2) is 23.7 Å². The van der Waals surface area contributed by atoms with Gasteiger partial charge in [0.15, 0.2) is 0 Å². The van der Waals surface area contributed by atoms with Crippen molar-refractivity contribution in [3.05, 3.63) is 71.9 Å². The van der Waals surface area contributed by atoms with Crippen LogP contribution in [0.5, 0.6) is 5.75 Å². The number of fused-ring (bicyclic) bond motifs is 1. The Morgan fingerprint density at radius 2 is 1.92 bits per heavy atom. The number of nitrogens with one attached hydrogen (secondary N) is 1. The van der Waals surface area contributed by atoms with E-state index in [1.807, 2.05) is 61.5 Å². The number of carbonyl (C=O) groups excluding carboxylic acids is 1. The molecule has 5 heteroatoms. The molecule has 1 N–H and O–H groups in total. The van der Waals surface area contributed by atoms with Gasteiger partial charge in [0.05, 0.1) is 18.3 Å². The minimum absolute atomic E-state index is 0.331. The van der Waals surface area contributed by atoms with Crippen molar-refractivity contribution in [2.24, 2.45) is 5.10 Å². The molecule has 0 saturated heterocycles. The SMILES string of the molecule is CCOc1ccc(/C=N/NC(=O)c2ccc3ccccc3n2)cc1. The molecule has 2 aromatic carbocycles. The molecule has 0 aliphatic carbocycles. The number of aromatic nitrogens is 1. The van der Waals surface area contributed by atoms with Crippen LogP contribution < -0.4 is 10.2 Å². The molecule has 1 aromatic heterocycles. The number of carbonyl (C=O) groups is 1. The fourth-order valence-electron chi connectivity index (χ4n) is 2.23. The van der Waals surface area contributed by atoms with Gasteiger partial charge in [-0.25, -0.2) is 10.4 Å². The van der Waals surface area contributed by atoms with Crippen LogP contribution in [0.2, 0.25) is 0 Å². The molecular weight excluding hydrogens is 302 g/mol. The van der Waals surface area contributed by atoms with Gasteiger partial charge >= 0.3 is 0 Å². The van der Waals surface area contributed by atoms with Gasteiger partial charge in [-0.15, -0.1) is 0 Å². The highest BCUT2D eigenvalue weighted by atomic mass is 16.5. The molecular formula is C19H17N3O2. The minimum atomic E-state index is -0.345. The molecule has 1 amide bonds. The molecule has 3 rings (SSSR count). The van der Waals surface area contributed by atoms with Crippen molar-refractivity contribution in [2.75, 3.05) is 6.61 Å². The van der Waals surface area contributed by atoms with Gasteiger partial charge in [0.25, 0.3) is 5.91 Å². The Labute approximate surface area is 140 Å². The number of pyridine rings is 1. The zero-order valence-corrected chi connectivity index (χ0v) is 13.3. The summed E-state index contributed by atoms with van der Waals surface area (Å²) < 4.78 is 5.37. The predicted molar refractivity (Wildman–Crippen MR) is 94.4 cm³/mol. The maximum atomic E-state index is 12.1. The molecule has 0 fully saturated rings. The second kappa shape index (κ2) is 7.37. The average molecular weight is 319 g/mol. The smallest absolute Gasteiger partial charge is 0.289 e. The predicted octanol–water partition coefficient (Wildman–Crippen LogP) is 3.40. The van der Waals surface area contributed by atoms with Crippen molar-refractivity contribution in [3.8, 4) is 5.75 Å². The van der Waals surface area contributed by atoms with Crippen LogP contribution >= 0.6 is 0 Å². The summed E-state index contributed by atoms with van der Waals surface area (Å²) in [6, 6.07) is 18.7. The maximum Gasteiger partial charge on any atom is 0.289 e. The molecule has 1 heterocycles. The van der Waals surface area contributed by atoms with E-state index >= 15 is 0 Å². The summed E-state index contributed by atoms with van der Waals surface area (Å²) in [4.78, 5) is 16.4. The molecule has 0 radical (unpaired) electrons. The van der Waals surface area contributed by atoms with Gasteiger partial charge in [0.2, 0.25) is 0 Å². The first-order valence-corrected chi connectivity index (χ1v) is 7.68. The van der Waals surface area contributed by atoms with E-state index in [1.54, 1.807) is 12.3 Å². The van der Waals surface area contributed by atoms with E-state index in [9.17, 15) is 4.79 Å². The lowest BCUT2D eigenvalue weighted by Gasteiger charge is -2.03. The second-order valence-electron chi connectivity index (χ2n) is 5.09. The summed E-state index contributed by atoms with van der Waals surface area (Å²) in [5.41, 5.74) is 4.46. The summed E-state index contributed by atoms with van der Waals surface area (Å²) >= 11 is 0. The van der Waals surface area contributed by atoms with E-state index in [1.165, 1.54) is 0 Å². The summed E-state index contributed by atoms with van der Waals surface area (Å²) in [6.45, 7) is 2.56. The fourth-order valence-corrected chi connectivity index (χ4v) is 2.23. The fraction of sp³-hybridized carbons (Fsp3) is 0.105. The second-order valence-corrected chi connectivity index (χ2v) is 5.09. The molecule has 0 bridgehead atoms. The molecule has 0 atom stereocenters. The number of hydrazone groups is 1. The number of amides is 1. The zero-order chi connectivity index (χ0) is 16.8. The molecule has 0 unspecified atom stereocenters. The number of rotatable bonds is 5. The molecule has 5 nitrogen and oxygen atoms in total. The van der Waals surface area contributed by atoms with E-state index in [0.717, 1.165) is 22.2 Å². The topological polar surface area (TPSA) is 63.6 Å². The normalized spacial score (nSPS) is 10.9. The van der Waals surface area contributed by atoms with E-state index in [2.05, 4.69) is 15.5 Å². The highest BCUT2D eigenvalue weighted by Crippen LogP contribution is 2.12. The first kappa shape index (κ1) is 15.7. The third kappa shape index (κ3) is 3.76. The molecule has 0 aliphatic heterocycles. The quantitative estimate of drug-likeness (QED) is 0.579. The summed E-state index contributed by atoms with van der Waals surface area (Å²) in [5, 5.41) is 4.96. The Morgan fingerprint density at radius 3 is 2.71 bits per heavy atom. The maximum absolute atomic E-state index is 12.1. The molecule has 3 aromatic rings. The Bertz CT molecular complexity index is 873. The average Bonchev–Trinajstić information content (AvgIpc) is 2.63. The van der Waals surface area contributed by atoms with E-state index in [0.29, 0.717) is 12.3 Å². The lowest BCUT2D eigenvalue weighted by molar-refractivity contribution is 0.0950. The van der Waals surface area contributed by atoms with Gasteiger partial charge in [-0.2, -0.15) is 5.10 Å². The number of para-hydroxylation sites is 1. The summed E-state index contributed by atoms with van der Waals surface area (Å²) in [6.07, 6.45) is 1.58. The molecule has 120 valence electrons. The summed E-state index contributed by atoms with van der Waals surface area (Å²) in [5.74, 6) is 0.460. The Kier molecular flexibility index (Phi) is 4.81. The third-order valence-corrected chi connectivity index (χ3v) is 3.40. The van der Waals surface area contributed by atoms with Crippen LogP contribution in [0, 0.1) is 0 Å². The van der Waals surface area contributed by atoms with Crippen molar-refractivity contribution in [2.45, 2.75) is 6.92 Å². The van der Waals surface area contributed by atoms with Gasteiger partial charge in [0, 0.05) is 5.39 Å². The number of benzene rings is 2. The zero-order valence-electron chi connectivity index (χ0n) is 13.3. The van der Waals surface area contributed by atoms with Gasteiger partial charge in [0.1, 0.15) is 11.4 Å². The van der Waals surface area contributed by atoms with Crippen molar-refractivity contribution < 1.29 is 9.53 Å². The van der Waals surface area contributed by atoms with Gasteiger partial charge < -0.3 is 4.74 Å². The molecule has 24 heavy (non-hydrogen) atoms.